The predicted octanol–water partition coefficient (Wildman–Crippen LogP) is 3.39. The molecule has 0 aliphatic heterocycles. The molecular formula is C15H18BrN7. The molecule has 0 spiro atoms. The van der Waals surface area contributed by atoms with Crippen molar-refractivity contribution in [1.82, 2.24) is 19.7 Å². The summed E-state index contributed by atoms with van der Waals surface area (Å²) < 4.78 is 2.69. The fourth-order valence-corrected chi connectivity index (χ4v) is 2.78. The number of nitrogens with zero attached hydrogens (tertiary/aromatic N) is 5. The molecule has 0 saturated heterocycles. The molecule has 2 heterocycles. The zero-order valence-electron chi connectivity index (χ0n) is 13.3. The lowest BCUT2D eigenvalue weighted by molar-refractivity contribution is 0.550. The summed E-state index contributed by atoms with van der Waals surface area (Å²) in [6.45, 7) is 6.68. The molecule has 1 unspecified atom stereocenters. The Morgan fingerprint density at radius 2 is 2.35 bits per heavy atom. The second-order valence-electron chi connectivity index (χ2n) is 5.90. The third-order valence-corrected chi connectivity index (χ3v) is 4.60. The normalized spacial score (nSPS) is 22.5. The first-order chi connectivity index (χ1) is 11.0. The molecule has 0 amide bonds. The number of aromatic nitrogens is 4. The van der Waals surface area contributed by atoms with Crippen LogP contribution in [0.5, 0.6) is 0 Å². The van der Waals surface area contributed by atoms with Crippen LogP contribution in [0.3, 0.4) is 0 Å². The Morgan fingerprint density at radius 3 is 3.00 bits per heavy atom. The van der Waals surface area contributed by atoms with E-state index >= 15 is 0 Å². The second-order valence-corrected chi connectivity index (χ2v) is 6.76. The zero-order valence-corrected chi connectivity index (χ0v) is 14.8. The molecule has 2 N–H and O–H groups in total. The Morgan fingerprint density at radius 1 is 1.57 bits per heavy atom. The molecule has 3 rings (SSSR count). The maximum atomic E-state index is 9.18. The minimum Gasteiger partial charge on any atom is -0.369 e. The van der Waals surface area contributed by atoms with Gasteiger partial charge in [-0.3, -0.25) is 4.68 Å². The van der Waals surface area contributed by atoms with E-state index in [4.69, 9.17) is 0 Å². The summed E-state index contributed by atoms with van der Waals surface area (Å²) >= 11 is 3.42. The van der Waals surface area contributed by atoms with Crippen molar-refractivity contribution < 1.29 is 0 Å². The zero-order chi connectivity index (χ0) is 16.6. The van der Waals surface area contributed by atoms with Crippen LogP contribution in [0.15, 0.2) is 16.9 Å². The number of hydrogen-bond donors (Lipinski definition) is 2. The first-order valence-corrected chi connectivity index (χ1v) is 8.26. The highest BCUT2D eigenvalue weighted by molar-refractivity contribution is 9.10. The molecule has 2 aromatic heterocycles. The van der Waals surface area contributed by atoms with Crippen molar-refractivity contribution in [2.75, 3.05) is 17.2 Å². The van der Waals surface area contributed by atoms with Gasteiger partial charge in [0.15, 0.2) is 0 Å². The molecule has 8 heteroatoms. The molecule has 1 saturated carbocycles. The van der Waals surface area contributed by atoms with Crippen LogP contribution >= 0.6 is 15.9 Å². The van der Waals surface area contributed by atoms with E-state index in [0.717, 1.165) is 34.6 Å². The number of nitriles is 1. The lowest BCUT2D eigenvalue weighted by atomic mass is 10.2. The van der Waals surface area contributed by atoms with Crippen molar-refractivity contribution in [2.45, 2.75) is 33.2 Å². The van der Waals surface area contributed by atoms with Crippen LogP contribution in [0.25, 0.3) is 0 Å². The summed E-state index contributed by atoms with van der Waals surface area (Å²) in [5.74, 6) is 1.25. The summed E-state index contributed by atoms with van der Waals surface area (Å²) in [4.78, 5) is 8.72. The third kappa shape index (κ3) is 3.01. The predicted molar refractivity (Wildman–Crippen MR) is 91.5 cm³/mol. The van der Waals surface area contributed by atoms with Crippen LogP contribution in [-0.4, -0.2) is 26.3 Å². The van der Waals surface area contributed by atoms with Crippen LogP contribution in [0.2, 0.25) is 0 Å². The van der Waals surface area contributed by atoms with E-state index in [0.29, 0.717) is 5.95 Å². The lowest BCUT2D eigenvalue weighted by Crippen LogP contribution is -2.04. The molecule has 0 bridgehead atoms. The van der Waals surface area contributed by atoms with Crippen LogP contribution in [0, 0.1) is 23.7 Å². The van der Waals surface area contributed by atoms with Crippen molar-refractivity contribution in [2.24, 2.45) is 5.41 Å². The largest absolute Gasteiger partial charge is 0.369 e. The van der Waals surface area contributed by atoms with E-state index in [1.165, 1.54) is 0 Å². The monoisotopic (exact) mass is 375 g/mol. The fourth-order valence-electron chi connectivity index (χ4n) is 2.45. The standard InChI is InChI=1S/C15H18BrN7/c1-4-18-13-10(16)6-19-14(21-13)20-11-7-23(22-9(11)2)12-5-15(12,3)8-17/h6-7,12H,4-5H2,1-3H3,(H2,18,19,20,21)/t12?,15-/m0/s1. The van der Waals surface area contributed by atoms with Crippen molar-refractivity contribution in [1.29, 1.82) is 5.26 Å². The van der Waals surface area contributed by atoms with Gasteiger partial charge in [-0.05, 0) is 43.1 Å². The van der Waals surface area contributed by atoms with Crippen LogP contribution in [0.4, 0.5) is 17.5 Å². The Labute approximate surface area is 143 Å². The number of hydrogen-bond acceptors (Lipinski definition) is 6. The topological polar surface area (TPSA) is 91.5 Å². The summed E-state index contributed by atoms with van der Waals surface area (Å²) in [7, 11) is 0. The van der Waals surface area contributed by atoms with Gasteiger partial charge in [-0.15, -0.1) is 0 Å². The number of anilines is 3. The van der Waals surface area contributed by atoms with Gasteiger partial charge in [0.1, 0.15) is 5.82 Å². The van der Waals surface area contributed by atoms with Crippen molar-refractivity contribution in [3.63, 3.8) is 0 Å². The van der Waals surface area contributed by atoms with Gasteiger partial charge in [-0.1, -0.05) is 0 Å². The van der Waals surface area contributed by atoms with Gasteiger partial charge in [0.2, 0.25) is 5.95 Å². The van der Waals surface area contributed by atoms with Crippen LogP contribution in [0.1, 0.15) is 32.0 Å². The second kappa shape index (κ2) is 5.81. The molecule has 120 valence electrons. The average Bonchev–Trinajstić information content (AvgIpc) is 3.09. The first kappa shape index (κ1) is 15.7. The molecule has 1 aliphatic carbocycles. The van der Waals surface area contributed by atoms with Gasteiger partial charge in [0.25, 0.3) is 0 Å². The molecule has 2 aromatic rings. The quantitative estimate of drug-likeness (QED) is 0.831. The average molecular weight is 376 g/mol. The van der Waals surface area contributed by atoms with E-state index in [2.05, 4.69) is 47.7 Å². The minimum atomic E-state index is -0.304. The third-order valence-electron chi connectivity index (χ3n) is 4.02. The van der Waals surface area contributed by atoms with Crippen molar-refractivity contribution in [3.05, 3.63) is 22.6 Å². The van der Waals surface area contributed by atoms with Gasteiger partial charge in [0, 0.05) is 18.9 Å². The minimum absolute atomic E-state index is 0.143. The molecular weight excluding hydrogens is 358 g/mol. The molecule has 2 atom stereocenters. The van der Waals surface area contributed by atoms with E-state index in [9.17, 15) is 5.26 Å². The summed E-state index contributed by atoms with van der Waals surface area (Å²) in [5, 5.41) is 20.1. The summed E-state index contributed by atoms with van der Waals surface area (Å²) in [6.07, 6.45) is 4.46. The van der Waals surface area contributed by atoms with E-state index in [1.54, 1.807) is 6.20 Å². The lowest BCUT2D eigenvalue weighted by Gasteiger charge is -2.08. The van der Waals surface area contributed by atoms with Crippen LogP contribution < -0.4 is 10.6 Å². The first-order valence-electron chi connectivity index (χ1n) is 7.47. The maximum absolute atomic E-state index is 9.18. The number of halogens is 1. The molecule has 0 aromatic carbocycles. The van der Waals surface area contributed by atoms with E-state index < -0.39 is 0 Å². The van der Waals surface area contributed by atoms with Crippen LogP contribution in [-0.2, 0) is 0 Å². The van der Waals surface area contributed by atoms with Gasteiger partial charge in [-0.2, -0.15) is 15.3 Å². The molecule has 23 heavy (non-hydrogen) atoms. The van der Waals surface area contributed by atoms with Crippen molar-refractivity contribution in [3.8, 4) is 6.07 Å². The Balaban J connectivity index is 1.80. The van der Waals surface area contributed by atoms with Gasteiger partial charge in [0.05, 0.1) is 33.4 Å². The number of nitrogens with one attached hydrogen (secondary N) is 2. The highest BCUT2D eigenvalue weighted by atomic mass is 79.9. The molecule has 1 fully saturated rings. The number of rotatable bonds is 5. The summed E-state index contributed by atoms with van der Waals surface area (Å²) in [6, 6.07) is 2.49. The van der Waals surface area contributed by atoms with Gasteiger partial charge < -0.3 is 10.6 Å². The maximum Gasteiger partial charge on any atom is 0.229 e. The Bertz CT molecular complexity index is 779. The highest BCUT2D eigenvalue weighted by Crippen LogP contribution is 2.55. The smallest absolute Gasteiger partial charge is 0.229 e. The Kier molecular flexibility index (Phi) is 3.98. The Hall–Kier alpha value is -2.14. The molecule has 1 aliphatic rings. The summed E-state index contributed by atoms with van der Waals surface area (Å²) in [5.41, 5.74) is 1.40. The van der Waals surface area contributed by atoms with E-state index in [-0.39, 0.29) is 11.5 Å². The fraction of sp³-hybridized carbons (Fsp3) is 0.467. The molecule has 7 nitrogen and oxygen atoms in total. The van der Waals surface area contributed by atoms with Crippen molar-refractivity contribution >= 4 is 33.4 Å². The van der Waals surface area contributed by atoms with Gasteiger partial charge >= 0.3 is 0 Å². The van der Waals surface area contributed by atoms with Gasteiger partial charge in [-0.25, -0.2) is 4.98 Å². The highest BCUT2D eigenvalue weighted by Gasteiger charge is 2.53. The molecule has 0 radical (unpaired) electrons. The number of aryl methyl sites for hydroxylation is 1. The van der Waals surface area contributed by atoms with E-state index in [1.807, 2.05) is 31.6 Å². The SMILES string of the molecule is CCNc1nc(Nc2cn(C3C[C@@]3(C)C#N)nc2C)ncc1Br.